The van der Waals surface area contributed by atoms with Crippen molar-refractivity contribution < 1.29 is 72.1 Å². The number of nitrogens with zero attached hydrogens (tertiary/aromatic N) is 9. The first kappa shape index (κ1) is 109. The van der Waals surface area contributed by atoms with E-state index >= 15 is 0 Å². The van der Waals surface area contributed by atoms with Gasteiger partial charge in [0.05, 0.1) is 83.6 Å². The molecule has 6 unspecified atom stereocenters. The van der Waals surface area contributed by atoms with Gasteiger partial charge in [0.1, 0.15) is 40.3 Å². The van der Waals surface area contributed by atoms with E-state index in [2.05, 4.69) is 120 Å². The highest BCUT2D eigenvalue weighted by Gasteiger charge is 2.40. The van der Waals surface area contributed by atoms with E-state index in [1.165, 1.54) is 61.3 Å². The number of nitrogen functional groups attached to an aromatic ring is 3. The molecule has 15 N–H and O–H groups in total. The number of aryl methyl sites for hydroxylation is 5. The monoisotopic (exact) mass is 2010 g/mol. The van der Waals surface area contributed by atoms with E-state index in [0.29, 0.717) is 113 Å². The SMILES string of the molecule is CC1CCC(c2cccs2)NC1.Cc1cc(NC(=O)C(=O)N2CC(C)CCC2c2cccs2)cnc1N.Cc1cc(NC(=O)C(=O)N2CC(C)CCC2c2cccs2)cnc1NC(=O)OC(C)(C)C.Cc1cc(NC(=O)C(=O)N2C[C@@H](C)CC[C@@H]2c2cccs2)cnc1N.Cc1cc(NC(=O)C(=O)N2C[C@H](C)CC[C@H]2c2cccs2)cnc1N.Cc1cc(NC(=O)C(=O)O)cnc1NC(=O)OC(C)(C)C. The Kier molecular flexibility index (Phi) is 39.4. The van der Waals surface area contributed by atoms with E-state index in [0.717, 1.165) is 93.5 Å². The number of carbonyl (C=O) groups excluding carboxylic acids is 11. The van der Waals surface area contributed by atoms with Gasteiger partial charge in [-0.15, -0.1) is 56.7 Å². The number of carbonyl (C=O) groups is 12. The van der Waals surface area contributed by atoms with E-state index in [-0.39, 0.29) is 35.7 Å². The zero-order valence-corrected chi connectivity index (χ0v) is 85.9. The van der Waals surface area contributed by atoms with Crippen molar-refractivity contribution in [1.82, 2.24) is 49.8 Å². The maximum atomic E-state index is 13.0. The fraction of sp³-hybridized carbons (Fsp3) is 0.430. The summed E-state index contributed by atoms with van der Waals surface area (Å²) in [5.41, 5.74) is 21.3. The molecule has 10 aromatic rings. The van der Waals surface area contributed by atoms with Gasteiger partial charge in [0.2, 0.25) is 0 Å². The standard InChI is InChI=1S/C23H30N4O4S.3C18H22N4O2S.C13H17N3O5.C10H15NS/c1-14-8-9-17(18-7-6-10-32-18)27(13-14)21(29)20(28)25-16-11-15(2)19(24-12-16)26-22(30)31-23(3,4)5;3*1-11-5-6-14(15-4-3-7-25-15)22(10-11)18(24)17(23)21-13-8-12(2)16(19)20-9-13;1-7-5-8(15-10(17)11(18)19)6-14-9(7)16-12(20)21-13(2,3)4;1-8-4-5-9(11-7-8)10-3-2-6-12-10/h6-7,10-12,14,17H,8-9,13H2,1-5H3,(H,25,28)(H,24,26,30);3*3-4,7-9,11,14H,5-6,10H2,1-2H3,(H2,19,20)(H,21,23);5-6H,1-4H3,(H,15,17)(H,18,19)(H,14,16,20);2-3,6,8-9,11H,4-5,7H2,1H3/t;2*11-,14+;;;/m.10.../s1. The summed E-state index contributed by atoms with van der Waals surface area (Å²) in [6, 6.07) is 29.1. The molecular weight excluding hydrogens is 1880 g/mol. The Morgan fingerprint density at radius 2 is 0.600 bits per heavy atom. The molecule has 10 aromatic heterocycles. The van der Waals surface area contributed by atoms with Crippen molar-refractivity contribution in [2.45, 2.75) is 216 Å². The Hall–Kier alpha value is -13.2. The van der Waals surface area contributed by atoms with Crippen molar-refractivity contribution >= 4 is 186 Å². The summed E-state index contributed by atoms with van der Waals surface area (Å²) < 4.78 is 10.3. The highest BCUT2D eigenvalue weighted by molar-refractivity contribution is 7.11. The lowest BCUT2D eigenvalue weighted by Crippen LogP contribution is -2.46. The minimum atomic E-state index is -1.59. The van der Waals surface area contributed by atoms with Crippen molar-refractivity contribution in [3.63, 3.8) is 0 Å². The van der Waals surface area contributed by atoms with Gasteiger partial charge in [-0.25, -0.2) is 39.3 Å². The van der Waals surface area contributed by atoms with Crippen LogP contribution in [-0.2, 0) is 57.4 Å². The van der Waals surface area contributed by atoms with Crippen LogP contribution in [-0.4, -0.2) is 165 Å². The number of likely N-dealkylation sites (tertiary alicyclic amines) is 4. The molecule has 0 aromatic carbocycles. The van der Waals surface area contributed by atoms with Crippen LogP contribution in [0.3, 0.4) is 0 Å². The Morgan fingerprint density at radius 3 is 0.829 bits per heavy atom. The number of anilines is 10. The molecule has 748 valence electrons. The highest BCUT2D eigenvalue weighted by atomic mass is 32.1. The number of carboxylic acids is 1. The maximum absolute atomic E-state index is 13.0. The van der Waals surface area contributed by atoms with E-state index in [9.17, 15) is 57.5 Å². The topological polar surface area (TPSA) is 495 Å². The zero-order chi connectivity index (χ0) is 102. The molecule has 10 atom stereocenters. The maximum Gasteiger partial charge on any atom is 0.413 e. The molecule has 0 bridgehead atoms. The summed E-state index contributed by atoms with van der Waals surface area (Å²) in [5, 5.41) is 40.0. The molecule has 35 nitrogen and oxygen atoms in total. The van der Waals surface area contributed by atoms with E-state index in [1.54, 1.807) is 165 Å². The highest BCUT2D eigenvalue weighted by Crippen LogP contribution is 2.41. The van der Waals surface area contributed by atoms with Gasteiger partial charge in [-0.3, -0.25) is 53.8 Å². The van der Waals surface area contributed by atoms with E-state index in [1.807, 2.05) is 81.4 Å². The number of rotatable bonds is 12. The average Bonchev–Trinajstić information content (AvgIpc) is 1.56. The third-order valence-electron chi connectivity index (χ3n) is 23.4. The van der Waals surface area contributed by atoms with Crippen LogP contribution >= 0.6 is 56.7 Å². The number of hydrogen-bond donors (Lipinski definition) is 12. The van der Waals surface area contributed by atoms with Gasteiger partial charge in [-0.05, 0) is 292 Å². The lowest BCUT2D eigenvalue weighted by Gasteiger charge is -2.37. The number of nitrogens with two attached hydrogens (primary N) is 3. The number of amides is 11. The number of piperidine rings is 5. The van der Waals surface area contributed by atoms with Crippen LogP contribution in [0.5, 0.6) is 0 Å². The number of aromatic nitrogens is 5. The Balaban J connectivity index is 0.000000176. The fourth-order valence-electron chi connectivity index (χ4n) is 16.1. The lowest BCUT2D eigenvalue weighted by atomic mass is 9.93. The van der Waals surface area contributed by atoms with Gasteiger partial charge in [-0.1, -0.05) is 65.0 Å². The quantitative estimate of drug-likeness (QED) is 0.0505. The van der Waals surface area contributed by atoms with Gasteiger partial charge in [0.25, 0.3) is 0 Å². The number of thiophene rings is 5. The second kappa shape index (κ2) is 50.6. The molecule has 40 heteroatoms. The normalized spacial score (nSPS) is 19.4. The lowest BCUT2D eigenvalue weighted by molar-refractivity contribution is -0.147. The fourth-order valence-corrected chi connectivity index (χ4v) is 20.4. The summed E-state index contributed by atoms with van der Waals surface area (Å²) in [6.45, 7) is 33.6. The number of aliphatic carboxylic acids is 1. The van der Waals surface area contributed by atoms with Gasteiger partial charge >= 0.3 is 71.3 Å². The third-order valence-corrected chi connectivity index (χ3v) is 28.2. The number of nitrogens with one attached hydrogen (secondary N) is 8. The van der Waals surface area contributed by atoms with Crippen LogP contribution in [0.25, 0.3) is 0 Å². The molecule has 15 heterocycles. The third kappa shape index (κ3) is 32.5. The largest absolute Gasteiger partial charge is 0.474 e. The van der Waals surface area contributed by atoms with Crippen molar-refractivity contribution in [3.8, 4) is 0 Å². The molecule has 0 spiro atoms. The van der Waals surface area contributed by atoms with Crippen LogP contribution in [0.15, 0.2) is 149 Å². The zero-order valence-electron chi connectivity index (χ0n) is 81.8. The molecular formula is C100H128N20O15S5. The van der Waals surface area contributed by atoms with Crippen LogP contribution in [0.2, 0.25) is 0 Å². The van der Waals surface area contributed by atoms with Crippen molar-refractivity contribution in [2.24, 2.45) is 29.6 Å². The predicted octanol–water partition coefficient (Wildman–Crippen LogP) is 18.2. The molecule has 15 rings (SSSR count). The summed E-state index contributed by atoms with van der Waals surface area (Å²) in [7, 11) is 0. The Bertz CT molecular complexity index is 5590. The Morgan fingerprint density at radius 1 is 0.350 bits per heavy atom. The molecule has 5 saturated heterocycles. The molecule has 11 amide bonds. The summed E-state index contributed by atoms with van der Waals surface area (Å²) in [4.78, 5) is 179. The smallest absolute Gasteiger partial charge is 0.413 e. The first-order chi connectivity index (χ1) is 66.3. The van der Waals surface area contributed by atoms with Crippen molar-refractivity contribution in [2.75, 3.05) is 87.1 Å². The van der Waals surface area contributed by atoms with Crippen molar-refractivity contribution in [1.29, 1.82) is 0 Å². The second-order valence-electron chi connectivity index (χ2n) is 37.7. The van der Waals surface area contributed by atoms with Gasteiger partial charge < -0.3 is 83.3 Å². The number of pyridine rings is 5. The molecule has 0 aliphatic carbocycles. The minimum Gasteiger partial charge on any atom is -0.474 e. The van der Waals surface area contributed by atoms with E-state index in [4.69, 9.17) is 31.8 Å². The number of ether oxygens (including phenoxy) is 2. The van der Waals surface area contributed by atoms with Gasteiger partial charge in [0.15, 0.2) is 0 Å². The number of hydrogen-bond acceptors (Lipinski definition) is 28. The summed E-state index contributed by atoms with van der Waals surface area (Å²) in [5.74, 6) is -3.26. The first-order valence-corrected chi connectivity index (χ1v) is 50.8. The summed E-state index contributed by atoms with van der Waals surface area (Å²) >= 11 is 8.33. The predicted molar refractivity (Wildman–Crippen MR) is 551 cm³/mol. The van der Waals surface area contributed by atoms with Crippen LogP contribution in [0, 0.1) is 64.2 Å². The molecule has 0 saturated carbocycles. The van der Waals surface area contributed by atoms with Gasteiger partial charge in [-0.2, -0.15) is 0 Å². The molecule has 140 heavy (non-hydrogen) atoms. The Labute approximate surface area is 836 Å². The molecule has 0 radical (unpaired) electrons. The van der Waals surface area contributed by atoms with Crippen LogP contribution < -0.4 is 59.7 Å². The molecule has 5 aliphatic heterocycles. The van der Waals surface area contributed by atoms with Crippen LogP contribution in [0.1, 0.15) is 223 Å². The van der Waals surface area contributed by atoms with E-state index < -0.39 is 82.5 Å². The second-order valence-corrected chi connectivity index (χ2v) is 42.6. The first-order valence-electron chi connectivity index (χ1n) is 46.4. The number of carboxylic acid groups (broad SMARTS) is 1. The molecule has 5 aliphatic rings. The minimum absolute atomic E-state index is 0.0271. The van der Waals surface area contributed by atoms with Crippen LogP contribution in [0.4, 0.5) is 67.1 Å². The van der Waals surface area contributed by atoms with Gasteiger partial charge in [0, 0.05) is 56.6 Å². The summed E-state index contributed by atoms with van der Waals surface area (Å²) in [6.07, 6.45) is 16.1. The van der Waals surface area contributed by atoms with Crippen molar-refractivity contribution in [3.05, 3.63) is 201 Å². The molecule has 5 fully saturated rings. The average molecular weight is 2010 g/mol.